The van der Waals surface area contributed by atoms with Gasteiger partial charge in [0.2, 0.25) is 0 Å². The predicted octanol–water partition coefficient (Wildman–Crippen LogP) is 6.77. The summed E-state index contributed by atoms with van der Waals surface area (Å²) in [4.78, 5) is 28.9. The minimum atomic E-state index is -0.510. The minimum absolute atomic E-state index is 0.237. The highest BCUT2D eigenvalue weighted by atomic mass is 32.1. The van der Waals surface area contributed by atoms with Gasteiger partial charge in [0.15, 0.2) is 0 Å². The van der Waals surface area contributed by atoms with E-state index in [-0.39, 0.29) is 18.4 Å². The topological polar surface area (TPSA) is 106 Å². The van der Waals surface area contributed by atoms with E-state index in [1.165, 1.54) is 0 Å². The van der Waals surface area contributed by atoms with Crippen molar-refractivity contribution in [3.8, 4) is 11.1 Å². The number of urea groups is 1. The zero-order chi connectivity index (χ0) is 25.9. The number of rotatable bonds is 6. The van der Waals surface area contributed by atoms with E-state index < -0.39 is 5.60 Å². The molecule has 186 valence electrons. The van der Waals surface area contributed by atoms with Gasteiger partial charge in [-0.3, -0.25) is 4.79 Å². The van der Waals surface area contributed by atoms with Crippen LogP contribution < -0.4 is 16.4 Å². The minimum Gasteiger partial charge on any atom is -0.460 e. The number of hydrogen-bond donors (Lipinski definition) is 3. The molecule has 8 heteroatoms. The van der Waals surface area contributed by atoms with Crippen molar-refractivity contribution in [3.05, 3.63) is 71.2 Å². The number of nitrogens with two attached hydrogens (primary N) is 1. The van der Waals surface area contributed by atoms with Crippen molar-refractivity contribution in [1.82, 2.24) is 4.98 Å². The Hall–Kier alpha value is -3.91. The van der Waals surface area contributed by atoms with E-state index in [9.17, 15) is 9.59 Å². The number of thiophene rings is 1. The number of anilines is 3. The number of pyridine rings is 1. The van der Waals surface area contributed by atoms with Gasteiger partial charge in [-0.1, -0.05) is 24.3 Å². The fourth-order valence-corrected chi connectivity index (χ4v) is 5.02. The third-order valence-electron chi connectivity index (χ3n) is 5.45. The molecule has 0 aliphatic heterocycles. The number of aromatic nitrogens is 1. The molecule has 2 aromatic carbocycles. The summed E-state index contributed by atoms with van der Waals surface area (Å²) in [6.07, 6.45) is 2.54. The van der Waals surface area contributed by atoms with Gasteiger partial charge in [-0.05, 0) is 80.5 Å². The lowest BCUT2D eigenvalue weighted by Crippen LogP contribution is -2.24. The average Bonchev–Trinajstić information content (AvgIpc) is 3.24. The molecule has 0 saturated carbocycles. The third-order valence-corrected chi connectivity index (χ3v) is 6.50. The Balaban J connectivity index is 1.49. The van der Waals surface area contributed by atoms with Gasteiger partial charge in [0.05, 0.1) is 0 Å². The number of ether oxygens (including phenoxy) is 1. The van der Waals surface area contributed by atoms with Crippen LogP contribution in [0.15, 0.2) is 60.1 Å². The summed E-state index contributed by atoms with van der Waals surface area (Å²) >= 11 is 1.58. The van der Waals surface area contributed by atoms with Crippen LogP contribution in [0.2, 0.25) is 0 Å². The Morgan fingerprint density at radius 2 is 1.78 bits per heavy atom. The molecule has 0 spiro atoms. The number of nitrogen functional groups attached to an aromatic ring is 1. The molecule has 0 aliphatic carbocycles. The molecule has 0 fully saturated rings. The predicted molar refractivity (Wildman–Crippen MR) is 147 cm³/mol. The van der Waals surface area contributed by atoms with Gasteiger partial charge < -0.3 is 21.1 Å². The van der Waals surface area contributed by atoms with Gasteiger partial charge in [0.1, 0.15) is 11.4 Å². The second-order valence-electron chi connectivity index (χ2n) is 9.63. The van der Waals surface area contributed by atoms with E-state index in [1.54, 1.807) is 17.5 Å². The Bertz CT molecular complexity index is 1400. The van der Waals surface area contributed by atoms with Crippen molar-refractivity contribution in [2.45, 2.75) is 46.1 Å². The molecule has 0 unspecified atom stereocenters. The number of fused-ring (bicyclic) bond motifs is 1. The van der Waals surface area contributed by atoms with E-state index in [0.29, 0.717) is 17.9 Å². The largest absolute Gasteiger partial charge is 0.460 e. The zero-order valence-corrected chi connectivity index (χ0v) is 21.7. The Morgan fingerprint density at radius 3 is 2.47 bits per heavy atom. The van der Waals surface area contributed by atoms with Crippen molar-refractivity contribution in [1.29, 1.82) is 0 Å². The molecule has 7 nitrogen and oxygen atoms in total. The lowest BCUT2D eigenvalue weighted by Gasteiger charge is -2.19. The molecular weight excluding hydrogens is 472 g/mol. The van der Waals surface area contributed by atoms with Gasteiger partial charge in [-0.2, -0.15) is 0 Å². The first-order valence-corrected chi connectivity index (χ1v) is 12.6. The normalized spacial score (nSPS) is 11.3. The monoisotopic (exact) mass is 502 g/mol. The van der Waals surface area contributed by atoms with Gasteiger partial charge in [0.25, 0.3) is 0 Å². The molecular formula is C28H30N4O3S. The molecule has 0 radical (unpaired) electrons. The molecule has 36 heavy (non-hydrogen) atoms. The first-order chi connectivity index (χ1) is 17.1. The summed E-state index contributed by atoms with van der Waals surface area (Å²) in [5.41, 5.74) is 11.1. The second kappa shape index (κ2) is 10.4. The lowest BCUT2D eigenvalue weighted by molar-refractivity contribution is -0.154. The van der Waals surface area contributed by atoms with E-state index >= 15 is 0 Å². The quantitative estimate of drug-likeness (QED) is 0.252. The Labute approximate surface area is 214 Å². The van der Waals surface area contributed by atoms with E-state index in [4.69, 9.17) is 10.5 Å². The van der Waals surface area contributed by atoms with E-state index in [0.717, 1.165) is 38.0 Å². The first kappa shape index (κ1) is 25.2. The maximum Gasteiger partial charge on any atom is 0.323 e. The number of hydrogen-bond acceptors (Lipinski definition) is 6. The van der Waals surface area contributed by atoms with Crippen LogP contribution >= 0.6 is 11.3 Å². The summed E-state index contributed by atoms with van der Waals surface area (Å²) in [6, 6.07) is 14.9. The number of nitrogens with zero attached hydrogens (tertiary/aromatic N) is 1. The summed E-state index contributed by atoms with van der Waals surface area (Å²) in [5.74, 6) is 0.209. The summed E-state index contributed by atoms with van der Waals surface area (Å²) in [5, 5.41) is 8.62. The fraction of sp³-hybridized carbons (Fsp3) is 0.250. The zero-order valence-electron chi connectivity index (χ0n) is 20.8. The number of carbonyl (C=O) groups is 2. The summed E-state index contributed by atoms with van der Waals surface area (Å²) in [6.45, 7) is 7.55. The summed E-state index contributed by atoms with van der Waals surface area (Å²) in [7, 11) is 0. The van der Waals surface area contributed by atoms with Gasteiger partial charge in [-0.15, -0.1) is 11.3 Å². The number of nitrogens with one attached hydrogen (secondary N) is 2. The molecule has 0 aliphatic rings. The highest BCUT2D eigenvalue weighted by molar-refractivity contribution is 7.18. The molecule has 2 heterocycles. The molecule has 2 aromatic heterocycles. The maximum absolute atomic E-state index is 12.4. The van der Waals surface area contributed by atoms with Crippen LogP contribution in [0.1, 0.15) is 38.3 Å². The van der Waals surface area contributed by atoms with Crippen LogP contribution in [0.3, 0.4) is 0 Å². The van der Waals surface area contributed by atoms with Crippen molar-refractivity contribution in [3.63, 3.8) is 0 Å². The summed E-state index contributed by atoms with van der Waals surface area (Å²) < 4.78 is 6.45. The third kappa shape index (κ3) is 6.20. The molecule has 0 bridgehead atoms. The van der Waals surface area contributed by atoms with Crippen LogP contribution in [0.5, 0.6) is 0 Å². The number of aryl methyl sites for hydroxylation is 2. The van der Waals surface area contributed by atoms with Crippen molar-refractivity contribution >= 4 is 50.6 Å². The lowest BCUT2D eigenvalue weighted by atomic mass is 10.0. The van der Waals surface area contributed by atoms with Crippen LogP contribution in [0, 0.1) is 6.92 Å². The van der Waals surface area contributed by atoms with Gasteiger partial charge >= 0.3 is 12.0 Å². The first-order valence-electron chi connectivity index (χ1n) is 11.7. The van der Waals surface area contributed by atoms with Crippen LogP contribution in [-0.2, 0) is 16.0 Å². The average molecular weight is 503 g/mol. The van der Waals surface area contributed by atoms with Crippen molar-refractivity contribution in [2.24, 2.45) is 0 Å². The smallest absolute Gasteiger partial charge is 0.323 e. The van der Waals surface area contributed by atoms with E-state index in [1.807, 2.05) is 81.6 Å². The highest BCUT2D eigenvalue weighted by Crippen LogP contribution is 2.39. The highest BCUT2D eigenvalue weighted by Gasteiger charge is 2.18. The number of esters is 1. The SMILES string of the molecule is Cc1cccc(NC(=O)Nc2ccc(-c3csc4c(CCC(=O)OC(C)(C)C)cnc(N)c34)cc2)c1. The standard InChI is InChI=1S/C28H30N4O3S/c1-17-6-5-7-21(14-17)32-27(34)31-20-11-8-18(9-12-20)22-16-36-25-19(15-30-26(29)24(22)25)10-13-23(33)35-28(2,3)4/h5-9,11-12,14-16H,10,13H2,1-4H3,(H2,29,30)(H2,31,32,34). The molecule has 4 rings (SSSR count). The second-order valence-corrected chi connectivity index (χ2v) is 10.5. The van der Waals surface area contributed by atoms with Crippen molar-refractivity contribution < 1.29 is 14.3 Å². The molecule has 2 amide bonds. The maximum atomic E-state index is 12.4. The number of carbonyl (C=O) groups excluding carboxylic acids is 2. The number of amides is 2. The van der Waals surface area contributed by atoms with Crippen LogP contribution in [0.4, 0.5) is 22.0 Å². The molecule has 4 N–H and O–H groups in total. The molecule has 4 aromatic rings. The molecule has 0 atom stereocenters. The van der Waals surface area contributed by atoms with Crippen LogP contribution in [-0.4, -0.2) is 22.6 Å². The van der Waals surface area contributed by atoms with Gasteiger partial charge in [0, 0.05) is 39.6 Å². The van der Waals surface area contributed by atoms with Gasteiger partial charge in [-0.25, -0.2) is 9.78 Å². The Kier molecular flexibility index (Phi) is 7.26. The van der Waals surface area contributed by atoms with Crippen molar-refractivity contribution in [2.75, 3.05) is 16.4 Å². The van der Waals surface area contributed by atoms with Crippen LogP contribution in [0.25, 0.3) is 21.2 Å². The molecule has 0 saturated heterocycles. The number of benzene rings is 2. The van der Waals surface area contributed by atoms with E-state index in [2.05, 4.69) is 15.6 Å². The Morgan fingerprint density at radius 1 is 1.06 bits per heavy atom. The fourth-order valence-electron chi connectivity index (χ4n) is 3.89.